The third-order valence-corrected chi connectivity index (χ3v) is 5.73. The second-order valence-electron chi connectivity index (χ2n) is 8.67. The summed E-state index contributed by atoms with van der Waals surface area (Å²) >= 11 is 0. The lowest BCUT2D eigenvalue weighted by molar-refractivity contribution is -0.141. The fourth-order valence-electron chi connectivity index (χ4n) is 3.86. The summed E-state index contributed by atoms with van der Waals surface area (Å²) in [4.78, 5) is 10.9. The highest BCUT2D eigenvalue weighted by atomic mass is 16.4. The minimum absolute atomic E-state index is 0.189. The minimum Gasteiger partial charge on any atom is -0.481 e. The lowest BCUT2D eigenvalue weighted by atomic mass is 9.92. The average Bonchev–Trinajstić information content (AvgIpc) is 2.61. The molecule has 0 unspecified atom stereocenters. The van der Waals surface area contributed by atoms with Gasteiger partial charge in [0.25, 0.3) is 0 Å². The summed E-state index contributed by atoms with van der Waals surface area (Å²) < 4.78 is 0. The van der Waals surface area contributed by atoms with Crippen molar-refractivity contribution < 1.29 is 9.90 Å². The molecule has 0 radical (unpaired) electrons. The van der Waals surface area contributed by atoms with Gasteiger partial charge >= 0.3 is 5.97 Å². The number of hydrogen-bond donors (Lipinski definition) is 1. The molecule has 0 aromatic heterocycles. The average molecular weight is 369 g/mol. The van der Waals surface area contributed by atoms with Gasteiger partial charge in [0.05, 0.1) is 5.92 Å². The third kappa shape index (κ3) is 18.3. The van der Waals surface area contributed by atoms with Gasteiger partial charge in [-0.05, 0) is 12.3 Å². The Balaban J connectivity index is 3.16. The predicted octanol–water partition coefficient (Wildman–Crippen LogP) is 8.38. The largest absolute Gasteiger partial charge is 0.481 e. The molecule has 0 saturated heterocycles. The van der Waals surface area contributed by atoms with Gasteiger partial charge in [-0.3, -0.25) is 4.79 Å². The van der Waals surface area contributed by atoms with Crippen molar-refractivity contribution in [1.82, 2.24) is 0 Å². The molecule has 2 atom stereocenters. The minimum atomic E-state index is -0.649. The highest BCUT2D eigenvalue weighted by Gasteiger charge is 2.14. The second kappa shape index (κ2) is 19.2. The van der Waals surface area contributed by atoms with Crippen LogP contribution < -0.4 is 0 Å². The third-order valence-electron chi connectivity index (χ3n) is 5.73. The zero-order valence-corrected chi connectivity index (χ0v) is 18.2. The van der Waals surface area contributed by atoms with Gasteiger partial charge in [-0.15, -0.1) is 0 Å². The molecule has 2 heteroatoms. The first-order chi connectivity index (χ1) is 12.6. The molecule has 1 N–H and O–H groups in total. The maximum Gasteiger partial charge on any atom is 0.306 e. The Morgan fingerprint density at radius 2 is 1.00 bits per heavy atom. The van der Waals surface area contributed by atoms with E-state index in [0.29, 0.717) is 5.92 Å². The number of carbonyl (C=O) groups is 1. The predicted molar refractivity (Wildman–Crippen MR) is 115 cm³/mol. The van der Waals surface area contributed by atoms with Gasteiger partial charge in [0.2, 0.25) is 0 Å². The smallest absolute Gasteiger partial charge is 0.306 e. The summed E-state index contributed by atoms with van der Waals surface area (Å²) in [7, 11) is 0. The van der Waals surface area contributed by atoms with E-state index in [4.69, 9.17) is 5.11 Å². The molecule has 156 valence electrons. The van der Waals surface area contributed by atoms with Crippen molar-refractivity contribution in [2.45, 2.75) is 136 Å². The molecule has 2 nitrogen and oxygen atoms in total. The van der Waals surface area contributed by atoms with Crippen molar-refractivity contribution in [3.63, 3.8) is 0 Å². The zero-order chi connectivity index (χ0) is 19.5. The molecule has 0 aromatic carbocycles. The Labute approximate surface area is 164 Å². The topological polar surface area (TPSA) is 37.3 Å². The van der Waals surface area contributed by atoms with E-state index in [9.17, 15) is 4.79 Å². The SMILES string of the molecule is CCCCCCCCCCCCCCCCCC[C@H](C)C[C@H](C)C(=O)O. The number of unbranched alkanes of at least 4 members (excludes halogenated alkanes) is 15. The van der Waals surface area contributed by atoms with E-state index in [0.717, 1.165) is 6.42 Å². The van der Waals surface area contributed by atoms with Crippen molar-refractivity contribution in [2.24, 2.45) is 11.8 Å². The van der Waals surface area contributed by atoms with Gasteiger partial charge in [-0.2, -0.15) is 0 Å². The number of hydrogen-bond acceptors (Lipinski definition) is 1. The van der Waals surface area contributed by atoms with E-state index in [2.05, 4.69) is 13.8 Å². The highest BCUT2D eigenvalue weighted by Crippen LogP contribution is 2.19. The molecule has 0 saturated carbocycles. The van der Waals surface area contributed by atoms with E-state index in [1.807, 2.05) is 6.92 Å². The van der Waals surface area contributed by atoms with Crippen molar-refractivity contribution >= 4 is 5.97 Å². The molecule has 26 heavy (non-hydrogen) atoms. The highest BCUT2D eigenvalue weighted by molar-refractivity contribution is 5.69. The molecule has 0 amide bonds. The van der Waals surface area contributed by atoms with Crippen molar-refractivity contribution in [3.8, 4) is 0 Å². The lowest BCUT2D eigenvalue weighted by Gasteiger charge is -2.13. The molecule has 0 heterocycles. The van der Waals surface area contributed by atoms with Gasteiger partial charge in [-0.1, -0.05) is 130 Å². The molecule has 0 aromatic rings. The normalized spacial score (nSPS) is 13.7. The Hall–Kier alpha value is -0.530. The van der Waals surface area contributed by atoms with E-state index in [-0.39, 0.29) is 5.92 Å². The number of carboxylic acid groups (broad SMARTS) is 1. The molecule has 0 rings (SSSR count). The Bertz CT molecular complexity index is 301. The van der Waals surface area contributed by atoms with Gasteiger partial charge < -0.3 is 5.11 Å². The molecule has 0 aliphatic heterocycles. The maximum absolute atomic E-state index is 10.9. The van der Waals surface area contributed by atoms with Gasteiger partial charge in [0.15, 0.2) is 0 Å². The fraction of sp³-hybridized carbons (Fsp3) is 0.958. The molecule has 0 aliphatic carbocycles. The molecule has 0 fully saturated rings. The summed E-state index contributed by atoms with van der Waals surface area (Å²) in [6.07, 6.45) is 24.5. The van der Waals surface area contributed by atoms with Crippen LogP contribution in [0.4, 0.5) is 0 Å². The van der Waals surface area contributed by atoms with Crippen LogP contribution in [-0.2, 0) is 4.79 Å². The second-order valence-corrected chi connectivity index (χ2v) is 8.67. The number of carboxylic acids is 1. The quantitative estimate of drug-likeness (QED) is 0.219. The van der Waals surface area contributed by atoms with Gasteiger partial charge in [0.1, 0.15) is 0 Å². The van der Waals surface area contributed by atoms with Crippen molar-refractivity contribution in [1.29, 1.82) is 0 Å². The summed E-state index contributed by atoms with van der Waals surface area (Å²) in [5.74, 6) is -0.289. The van der Waals surface area contributed by atoms with Crippen LogP contribution in [0.2, 0.25) is 0 Å². The number of rotatable bonds is 20. The van der Waals surface area contributed by atoms with E-state index in [1.54, 1.807) is 0 Å². The number of aliphatic carboxylic acids is 1. The molecular weight excluding hydrogens is 320 g/mol. The van der Waals surface area contributed by atoms with Crippen LogP contribution in [0.1, 0.15) is 136 Å². The zero-order valence-electron chi connectivity index (χ0n) is 18.2. The van der Waals surface area contributed by atoms with Crippen LogP contribution in [0, 0.1) is 11.8 Å². The standard InChI is InChI=1S/C24H48O2/c1-4-5-6-7-8-9-10-11-12-13-14-15-16-17-18-19-20-22(2)21-23(3)24(25)26/h22-23H,4-21H2,1-3H3,(H,25,26)/t22-,23-/m0/s1. The Kier molecular flexibility index (Phi) is 18.8. The molecule has 0 aliphatic rings. The van der Waals surface area contributed by atoms with Crippen LogP contribution in [0.3, 0.4) is 0 Å². The van der Waals surface area contributed by atoms with Gasteiger partial charge in [0, 0.05) is 0 Å². The van der Waals surface area contributed by atoms with Crippen LogP contribution >= 0.6 is 0 Å². The maximum atomic E-state index is 10.9. The van der Waals surface area contributed by atoms with E-state index in [1.165, 1.54) is 109 Å². The van der Waals surface area contributed by atoms with Crippen LogP contribution in [-0.4, -0.2) is 11.1 Å². The first-order valence-corrected chi connectivity index (χ1v) is 11.8. The Morgan fingerprint density at radius 3 is 1.35 bits per heavy atom. The summed E-state index contributed by atoms with van der Waals surface area (Å²) in [6.45, 7) is 6.31. The molecule has 0 bridgehead atoms. The Morgan fingerprint density at radius 1 is 0.654 bits per heavy atom. The van der Waals surface area contributed by atoms with Crippen LogP contribution in [0.25, 0.3) is 0 Å². The lowest BCUT2D eigenvalue weighted by Crippen LogP contribution is -2.13. The first-order valence-electron chi connectivity index (χ1n) is 11.8. The monoisotopic (exact) mass is 368 g/mol. The summed E-state index contributed by atoms with van der Waals surface area (Å²) in [6, 6.07) is 0. The molecular formula is C24H48O2. The fourth-order valence-corrected chi connectivity index (χ4v) is 3.86. The van der Waals surface area contributed by atoms with E-state index >= 15 is 0 Å². The summed E-state index contributed by atoms with van der Waals surface area (Å²) in [5, 5.41) is 8.94. The molecule has 0 spiro atoms. The van der Waals surface area contributed by atoms with E-state index < -0.39 is 5.97 Å². The first kappa shape index (κ1) is 25.5. The van der Waals surface area contributed by atoms with Gasteiger partial charge in [-0.25, -0.2) is 0 Å². The van der Waals surface area contributed by atoms with Crippen molar-refractivity contribution in [3.05, 3.63) is 0 Å². The summed E-state index contributed by atoms with van der Waals surface area (Å²) in [5.41, 5.74) is 0. The van der Waals surface area contributed by atoms with Crippen LogP contribution in [0.15, 0.2) is 0 Å². The van der Waals surface area contributed by atoms with Crippen LogP contribution in [0.5, 0.6) is 0 Å². The van der Waals surface area contributed by atoms with Crippen molar-refractivity contribution in [2.75, 3.05) is 0 Å².